The Kier molecular flexibility index (Phi) is 6.82. The van der Waals surface area contributed by atoms with Crippen molar-refractivity contribution >= 4 is 22.2 Å². The van der Waals surface area contributed by atoms with Crippen LogP contribution in [0.25, 0.3) is 0 Å². The predicted octanol–water partition coefficient (Wildman–Crippen LogP) is 3.68. The summed E-state index contributed by atoms with van der Waals surface area (Å²) in [5.74, 6) is 1.49. The van der Waals surface area contributed by atoms with Gasteiger partial charge in [-0.25, -0.2) is 0 Å². The molecule has 1 aromatic carbocycles. The molecule has 1 amide bonds. The quantitative estimate of drug-likeness (QED) is 0.777. The van der Waals surface area contributed by atoms with E-state index in [4.69, 9.17) is 9.47 Å². The summed E-state index contributed by atoms with van der Waals surface area (Å²) in [5, 5.41) is 4.00. The highest BCUT2D eigenvalue weighted by atomic mass is 32.1. The molecule has 2 heterocycles. The van der Waals surface area contributed by atoms with E-state index in [-0.39, 0.29) is 11.9 Å². The van der Waals surface area contributed by atoms with Crippen LogP contribution in [-0.2, 0) is 4.79 Å². The number of piperazine rings is 1. The molecule has 1 fully saturated rings. The molecule has 1 saturated heterocycles. The number of methoxy groups -OCH3 is 2. The van der Waals surface area contributed by atoms with Crippen LogP contribution in [0.15, 0.2) is 18.2 Å². The average Bonchev–Trinajstić information content (AvgIpc) is 2.96. The van der Waals surface area contributed by atoms with Crippen molar-refractivity contribution in [2.45, 2.75) is 26.8 Å². The third-order valence-electron chi connectivity index (χ3n) is 5.59. The van der Waals surface area contributed by atoms with Crippen molar-refractivity contribution in [3.05, 3.63) is 39.8 Å². The topological polar surface area (TPSA) is 54.0 Å². The van der Waals surface area contributed by atoms with Crippen LogP contribution in [0.2, 0.25) is 0 Å². The molecule has 0 radical (unpaired) electrons. The number of anilines is 1. The van der Waals surface area contributed by atoms with Crippen LogP contribution in [0, 0.1) is 13.8 Å². The van der Waals surface area contributed by atoms with Gasteiger partial charge < -0.3 is 19.7 Å². The van der Waals surface area contributed by atoms with E-state index in [0.29, 0.717) is 0 Å². The number of likely N-dealkylation sites (N-methyl/N-ethyl adjacent to an activating group) is 1. The van der Waals surface area contributed by atoms with Crippen molar-refractivity contribution in [1.29, 1.82) is 0 Å². The Balaban J connectivity index is 2.16. The third kappa shape index (κ3) is 4.74. The highest BCUT2D eigenvalue weighted by molar-refractivity contribution is 7.16. The summed E-state index contributed by atoms with van der Waals surface area (Å²) in [4.78, 5) is 18.0. The number of hydrogen-bond acceptors (Lipinski definition) is 6. The lowest BCUT2D eigenvalue weighted by Crippen LogP contribution is -2.46. The van der Waals surface area contributed by atoms with E-state index in [9.17, 15) is 4.79 Å². The van der Waals surface area contributed by atoms with E-state index in [1.165, 1.54) is 16.0 Å². The van der Waals surface area contributed by atoms with Crippen LogP contribution >= 0.6 is 11.3 Å². The summed E-state index contributed by atoms with van der Waals surface area (Å²) >= 11 is 1.65. The Hall–Kier alpha value is -2.09. The molecule has 29 heavy (non-hydrogen) atoms. The molecule has 0 aliphatic carbocycles. The molecule has 0 spiro atoms. The number of carbonyl (C=O) groups excluding carboxylic acids is 1. The second-order valence-electron chi connectivity index (χ2n) is 7.60. The lowest BCUT2D eigenvalue weighted by Gasteiger charge is -2.39. The van der Waals surface area contributed by atoms with Crippen molar-refractivity contribution in [1.82, 2.24) is 9.80 Å². The maximum absolute atomic E-state index is 11.9. The number of carbonyl (C=O) groups is 1. The van der Waals surface area contributed by atoms with Gasteiger partial charge >= 0.3 is 0 Å². The second kappa shape index (κ2) is 9.15. The first-order valence-corrected chi connectivity index (χ1v) is 10.7. The summed E-state index contributed by atoms with van der Waals surface area (Å²) in [6.45, 7) is 9.75. The number of nitrogens with one attached hydrogen (secondary N) is 1. The summed E-state index contributed by atoms with van der Waals surface area (Å²) < 4.78 is 11.1. The van der Waals surface area contributed by atoms with Gasteiger partial charge in [-0.15, -0.1) is 11.3 Å². The van der Waals surface area contributed by atoms with Crippen LogP contribution in [-0.4, -0.2) is 63.2 Å². The van der Waals surface area contributed by atoms with Crippen LogP contribution in [0.1, 0.15) is 34.5 Å². The zero-order valence-electron chi connectivity index (χ0n) is 18.2. The molecular weight excluding hydrogens is 386 g/mol. The normalized spacial score (nSPS) is 16.5. The maximum atomic E-state index is 11.9. The van der Waals surface area contributed by atoms with Crippen molar-refractivity contribution in [2.24, 2.45) is 0 Å². The van der Waals surface area contributed by atoms with Gasteiger partial charge in [0.2, 0.25) is 5.91 Å². The summed E-state index contributed by atoms with van der Waals surface area (Å²) in [6, 6.07) is 6.06. The molecule has 1 atom stereocenters. The van der Waals surface area contributed by atoms with E-state index in [1.54, 1.807) is 32.5 Å². The van der Waals surface area contributed by atoms with E-state index in [1.807, 2.05) is 6.07 Å². The molecule has 1 aliphatic heterocycles. The largest absolute Gasteiger partial charge is 0.497 e. The van der Waals surface area contributed by atoms with E-state index in [0.717, 1.165) is 48.2 Å². The van der Waals surface area contributed by atoms with Gasteiger partial charge in [0.05, 0.1) is 20.3 Å². The van der Waals surface area contributed by atoms with Crippen LogP contribution in [0.3, 0.4) is 0 Å². The number of benzene rings is 1. The Morgan fingerprint density at radius 1 is 1.07 bits per heavy atom. The minimum Gasteiger partial charge on any atom is -0.497 e. The molecule has 6 nitrogen and oxygen atoms in total. The van der Waals surface area contributed by atoms with Crippen molar-refractivity contribution < 1.29 is 14.3 Å². The van der Waals surface area contributed by atoms with Crippen LogP contribution < -0.4 is 14.8 Å². The Morgan fingerprint density at radius 2 is 1.66 bits per heavy atom. The van der Waals surface area contributed by atoms with Crippen molar-refractivity contribution in [2.75, 3.05) is 52.8 Å². The number of nitrogens with zero attached hydrogens (tertiary/aromatic N) is 2. The van der Waals surface area contributed by atoms with Crippen LogP contribution in [0.4, 0.5) is 5.00 Å². The van der Waals surface area contributed by atoms with E-state index >= 15 is 0 Å². The number of thiophene rings is 1. The van der Waals surface area contributed by atoms with Gasteiger partial charge in [-0.3, -0.25) is 9.69 Å². The molecule has 2 aromatic rings. The van der Waals surface area contributed by atoms with E-state index in [2.05, 4.69) is 48.1 Å². The van der Waals surface area contributed by atoms with Crippen LogP contribution in [0.5, 0.6) is 11.5 Å². The molecule has 1 aromatic heterocycles. The number of amides is 1. The van der Waals surface area contributed by atoms with Gasteiger partial charge in [-0.1, -0.05) is 0 Å². The first-order chi connectivity index (χ1) is 13.8. The Morgan fingerprint density at radius 3 is 2.17 bits per heavy atom. The molecule has 0 bridgehead atoms. The standard InChI is InChI=1S/C22H31N3O3S/c1-14-15(2)29-22(23-16(3)26)20(14)21(25-9-7-24(4)8-10-25)17-11-18(27-5)13-19(12-17)28-6/h11-13,21H,7-10H2,1-6H3,(H,23,26)/t21-/m1/s1. The molecule has 1 N–H and O–H groups in total. The molecule has 0 saturated carbocycles. The zero-order valence-corrected chi connectivity index (χ0v) is 19.0. The minimum absolute atomic E-state index is 0.0134. The zero-order chi connectivity index (χ0) is 21.1. The summed E-state index contributed by atoms with van der Waals surface area (Å²) in [5.41, 5.74) is 3.50. The minimum atomic E-state index is -0.0483. The van der Waals surface area contributed by atoms with E-state index < -0.39 is 0 Å². The van der Waals surface area contributed by atoms with Crippen molar-refractivity contribution in [3.63, 3.8) is 0 Å². The average molecular weight is 418 g/mol. The number of hydrogen-bond donors (Lipinski definition) is 1. The number of rotatable bonds is 6. The fourth-order valence-corrected chi connectivity index (χ4v) is 4.99. The molecular formula is C22H31N3O3S. The maximum Gasteiger partial charge on any atom is 0.221 e. The lowest BCUT2D eigenvalue weighted by atomic mass is 9.94. The monoisotopic (exact) mass is 417 g/mol. The highest BCUT2D eigenvalue weighted by Crippen LogP contribution is 2.43. The van der Waals surface area contributed by atoms with Gasteiger partial charge in [0.15, 0.2) is 0 Å². The number of ether oxygens (including phenoxy) is 2. The fraction of sp³-hybridized carbons (Fsp3) is 0.500. The fourth-order valence-electron chi connectivity index (χ4n) is 3.85. The Bertz CT molecular complexity index is 850. The van der Waals surface area contributed by atoms with Gasteiger partial charge in [0, 0.05) is 49.6 Å². The summed E-state index contributed by atoms with van der Waals surface area (Å²) in [7, 11) is 5.50. The molecule has 0 unspecified atom stereocenters. The van der Waals surface area contributed by atoms with Gasteiger partial charge in [0.25, 0.3) is 0 Å². The molecule has 1 aliphatic rings. The molecule has 158 valence electrons. The van der Waals surface area contributed by atoms with Crippen molar-refractivity contribution in [3.8, 4) is 11.5 Å². The predicted molar refractivity (Wildman–Crippen MR) is 119 cm³/mol. The van der Waals surface area contributed by atoms with Gasteiger partial charge in [-0.2, -0.15) is 0 Å². The first-order valence-electron chi connectivity index (χ1n) is 9.87. The summed E-state index contributed by atoms with van der Waals surface area (Å²) in [6.07, 6.45) is 0. The Labute approximate surface area is 177 Å². The third-order valence-corrected chi connectivity index (χ3v) is 6.73. The first kappa shape index (κ1) is 21.6. The van der Waals surface area contributed by atoms with Gasteiger partial charge in [-0.05, 0) is 44.2 Å². The number of aryl methyl sites for hydroxylation is 1. The lowest BCUT2D eigenvalue weighted by molar-refractivity contribution is -0.114. The second-order valence-corrected chi connectivity index (χ2v) is 8.82. The molecule has 3 rings (SSSR count). The smallest absolute Gasteiger partial charge is 0.221 e. The molecule has 7 heteroatoms. The SMILES string of the molecule is COc1cc(OC)cc([C@H](c2c(NC(C)=O)sc(C)c2C)N2CCN(C)CC2)c1. The van der Waals surface area contributed by atoms with Gasteiger partial charge in [0.1, 0.15) is 16.5 Å². The highest BCUT2D eigenvalue weighted by Gasteiger charge is 2.31.